The Morgan fingerprint density at radius 3 is 2.52 bits per heavy atom. The third-order valence-corrected chi connectivity index (χ3v) is 5.27. The fourth-order valence-electron chi connectivity index (χ4n) is 3.62. The number of carbonyl (C=O) groups excluding carboxylic acids is 1. The third kappa shape index (κ3) is 5.61. The molecule has 0 bridgehead atoms. The minimum atomic E-state index is -0.160. The standard InChI is InChI=1S/C20H28N4O4.ClH/c1-27-17-10-15-16(11-18(17)28-2)22-12-24(20(15)26)9-3-4-19(25)23-14-7-5-13(21)6-8-14;/h10-14H,3-9,21H2,1-2H3,(H,23,25);1H. The first-order chi connectivity index (χ1) is 13.5. The highest BCUT2D eigenvalue weighted by molar-refractivity contribution is 5.85. The van der Waals surface area contributed by atoms with E-state index in [1.165, 1.54) is 25.1 Å². The molecule has 0 radical (unpaired) electrons. The number of rotatable bonds is 7. The van der Waals surface area contributed by atoms with E-state index < -0.39 is 0 Å². The summed E-state index contributed by atoms with van der Waals surface area (Å²) in [7, 11) is 3.06. The van der Waals surface area contributed by atoms with E-state index in [-0.39, 0.29) is 36.0 Å². The molecule has 0 unspecified atom stereocenters. The minimum Gasteiger partial charge on any atom is -0.493 e. The Hall–Kier alpha value is -2.32. The number of carbonyl (C=O) groups is 1. The number of nitrogens with zero attached hydrogens (tertiary/aromatic N) is 2. The first-order valence-corrected chi connectivity index (χ1v) is 9.68. The predicted molar refractivity (Wildman–Crippen MR) is 114 cm³/mol. The number of aromatic nitrogens is 2. The molecule has 1 aromatic carbocycles. The van der Waals surface area contributed by atoms with Crippen LogP contribution in [0, 0.1) is 0 Å². The number of amides is 1. The Kier molecular flexibility index (Phi) is 8.28. The summed E-state index contributed by atoms with van der Waals surface area (Å²) in [4.78, 5) is 29.2. The van der Waals surface area contributed by atoms with Crippen molar-refractivity contribution in [1.82, 2.24) is 14.9 Å². The number of nitrogens with two attached hydrogens (primary N) is 1. The van der Waals surface area contributed by atoms with Gasteiger partial charge >= 0.3 is 0 Å². The van der Waals surface area contributed by atoms with E-state index in [1.807, 2.05) is 0 Å². The molecule has 3 rings (SSSR count). The highest BCUT2D eigenvalue weighted by Gasteiger charge is 2.19. The van der Waals surface area contributed by atoms with Gasteiger partial charge in [-0.1, -0.05) is 0 Å². The van der Waals surface area contributed by atoms with Crippen LogP contribution in [-0.2, 0) is 11.3 Å². The van der Waals surface area contributed by atoms with Gasteiger partial charge in [0.05, 0.1) is 31.4 Å². The smallest absolute Gasteiger partial charge is 0.261 e. The zero-order chi connectivity index (χ0) is 20.1. The fourth-order valence-corrected chi connectivity index (χ4v) is 3.62. The molecule has 1 aliphatic carbocycles. The number of aryl methyl sites for hydroxylation is 1. The van der Waals surface area contributed by atoms with Crippen molar-refractivity contribution in [1.29, 1.82) is 0 Å². The molecule has 0 atom stereocenters. The molecule has 3 N–H and O–H groups in total. The number of fused-ring (bicyclic) bond motifs is 1. The number of methoxy groups -OCH3 is 2. The van der Waals surface area contributed by atoms with Crippen LogP contribution in [0.2, 0.25) is 0 Å². The molecule has 1 amide bonds. The highest BCUT2D eigenvalue weighted by Crippen LogP contribution is 2.29. The largest absolute Gasteiger partial charge is 0.493 e. The number of nitrogens with one attached hydrogen (secondary N) is 1. The second-order valence-corrected chi connectivity index (χ2v) is 7.25. The van der Waals surface area contributed by atoms with Gasteiger partial charge in [0.15, 0.2) is 11.5 Å². The topological polar surface area (TPSA) is 108 Å². The molecule has 0 saturated heterocycles. The number of benzene rings is 1. The van der Waals surface area contributed by atoms with E-state index in [2.05, 4.69) is 10.3 Å². The monoisotopic (exact) mass is 424 g/mol. The van der Waals surface area contributed by atoms with E-state index in [9.17, 15) is 9.59 Å². The molecule has 0 aliphatic heterocycles. The molecule has 1 fully saturated rings. The second-order valence-electron chi connectivity index (χ2n) is 7.25. The summed E-state index contributed by atoms with van der Waals surface area (Å²) in [6.07, 6.45) is 6.24. The Balaban J connectivity index is 0.00000300. The van der Waals surface area contributed by atoms with Gasteiger partial charge in [0.2, 0.25) is 5.91 Å². The molecule has 2 aromatic rings. The van der Waals surface area contributed by atoms with Crippen molar-refractivity contribution < 1.29 is 14.3 Å². The normalized spacial score (nSPS) is 18.7. The maximum atomic E-state index is 12.7. The van der Waals surface area contributed by atoms with Gasteiger partial charge in [0, 0.05) is 31.1 Å². The van der Waals surface area contributed by atoms with Gasteiger partial charge in [-0.15, -0.1) is 12.4 Å². The van der Waals surface area contributed by atoms with Gasteiger partial charge in [0.1, 0.15) is 0 Å². The van der Waals surface area contributed by atoms with Crippen LogP contribution in [0.15, 0.2) is 23.3 Å². The summed E-state index contributed by atoms with van der Waals surface area (Å²) >= 11 is 0. The lowest BCUT2D eigenvalue weighted by atomic mass is 9.92. The predicted octanol–water partition coefficient (Wildman–Crippen LogP) is 2.00. The van der Waals surface area contributed by atoms with Crippen LogP contribution < -0.4 is 26.1 Å². The second kappa shape index (κ2) is 10.5. The van der Waals surface area contributed by atoms with E-state index in [4.69, 9.17) is 15.2 Å². The van der Waals surface area contributed by atoms with Gasteiger partial charge in [-0.2, -0.15) is 0 Å². The van der Waals surface area contributed by atoms with E-state index in [0.717, 1.165) is 25.7 Å². The van der Waals surface area contributed by atoms with E-state index in [1.54, 1.807) is 12.1 Å². The summed E-state index contributed by atoms with van der Waals surface area (Å²) < 4.78 is 12.0. The molecular formula is C20H29ClN4O4. The molecule has 1 aliphatic rings. The zero-order valence-corrected chi connectivity index (χ0v) is 17.7. The number of ether oxygens (including phenoxy) is 2. The van der Waals surface area contributed by atoms with Crippen LogP contribution in [0.3, 0.4) is 0 Å². The Morgan fingerprint density at radius 1 is 1.21 bits per heavy atom. The average Bonchev–Trinajstić information content (AvgIpc) is 2.70. The van der Waals surface area contributed by atoms with Gasteiger partial charge in [-0.25, -0.2) is 4.98 Å². The minimum absolute atomic E-state index is 0. The van der Waals surface area contributed by atoms with Crippen molar-refractivity contribution in [2.45, 2.75) is 57.2 Å². The number of hydrogen-bond donors (Lipinski definition) is 2. The quantitative estimate of drug-likeness (QED) is 0.703. The van der Waals surface area contributed by atoms with Crippen LogP contribution in [0.4, 0.5) is 0 Å². The summed E-state index contributed by atoms with van der Waals surface area (Å²) in [5.74, 6) is 1.03. The molecule has 1 saturated carbocycles. The SMILES string of the molecule is COc1cc2ncn(CCCC(=O)NC3CCC(N)CC3)c(=O)c2cc1OC.Cl. The summed E-state index contributed by atoms with van der Waals surface area (Å²) in [5.41, 5.74) is 6.28. The molecule has 29 heavy (non-hydrogen) atoms. The van der Waals surface area contributed by atoms with Crippen molar-refractivity contribution in [3.8, 4) is 11.5 Å². The van der Waals surface area contributed by atoms with Crippen LogP contribution in [0.5, 0.6) is 11.5 Å². The number of hydrogen-bond acceptors (Lipinski definition) is 6. The summed E-state index contributed by atoms with van der Waals surface area (Å²) in [6, 6.07) is 3.81. The van der Waals surface area contributed by atoms with Crippen molar-refractivity contribution in [3.05, 3.63) is 28.8 Å². The van der Waals surface area contributed by atoms with Crippen LogP contribution >= 0.6 is 12.4 Å². The molecule has 1 heterocycles. The number of halogens is 1. The highest BCUT2D eigenvalue weighted by atomic mass is 35.5. The van der Waals surface area contributed by atoms with E-state index >= 15 is 0 Å². The van der Waals surface area contributed by atoms with Crippen LogP contribution in [0.25, 0.3) is 10.9 Å². The Morgan fingerprint density at radius 2 is 1.86 bits per heavy atom. The fraction of sp³-hybridized carbons (Fsp3) is 0.550. The maximum Gasteiger partial charge on any atom is 0.261 e. The molecule has 9 heteroatoms. The van der Waals surface area contributed by atoms with Gasteiger partial charge < -0.3 is 20.5 Å². The lowest BCUT2D eigenvalue weighted by Crippen LogP contribution is -2.40. The summed E-state index contributed by atoms with van der Waals surface area (Å²) in [5, 5.41) is 3.53. The molecule has 160 valence electrons. The first kappa shape index (κ1) is 23.0. The molecule has 8 nitrogen and oxygen atoms in total. The van der Waals surface area contributed by atoms with Gasteiger partial charge in [-0.3, -0.25) is 14.2 Å². The van der Waals surface area contributed by atoms with Crippen LogP contribution in [0.1, 0.15) is 38.5 Å². The van der Waals surface area contributed by atoms with Crippen LogP contribution in [-0.4, -0.2) is 41.8 Å². The third-order valence-electron chi connectivity index (χ3n) is 5.27. The Bertz CT molecular complexity index is 894. The van der Waals surface area contributed by atoms with Crippen molar-refractivity contribution >= 4 is 29.2 Å². The van der Waals surface area contributed by atoms with Crippen molar-refractivity contribution in [2.75, 3.05) is 14.2 Å². The lowest BCUT2D eigenvalue weighted by Gasteiger charge is -2.26. The van der Waals surface area contributed by atoms with Gasteiger partial charge in [0.25, 0.3) is 5.56 Å². The van der Waals surface area contributed by atoms with Crippen molar-refractivity contribution in [2.24, 2.45) is 5.73 Å². The first-order valence-electron chi connectivity index (χ1n) is 9.68. The summed E-state index contributed by atoms with van der Waals surface area (Å²) in [6.45, 7) is 0.430. The van der Waals surface area contributed by atoms with Gasteiger partial charge in [-0.05, 0) is 38.2 Å². The van der Waals surface area contributed by atoms with E-state index in [0.29, 0.717) is 41.8 Å². The maximum absolute atomic E-state index is 12.7. The molecular weight excluding hydrogens is 396 g/mol. The lowest BCUT2D eigenvalue weighted by molar-refractivity contribution is -0.122. The Labute approximate surface area is 176 Å². The van der Waals surface area contributed by atoms with Crippen molar-refractivity contribution in [3.63, 3.8) is 0 Å². The zero-order valence-electron chi connectivity index (χ0n) is 16.8. The molecule has 1 aromatic heterocycles. The molecule has 0 spiro atoms. The average molecular weight is 425 g/mol.